The molecule has 1 aromatic heterocycles. The van der Waals surface area contributed by atoms with Crippen molar-refractivity contribution in [3.05, 3.63) is 39.5 Å². The number of halogens is 1. The molecule has 1 aromatic carbocycles. The Kier molecular flexibility index (Phi) is 6.22. The van der Waals surface area contributed by atoms with Crippen molar-refractivity contribution in [3.63, 3.8) is 0 Å². The summed E-state index contributed by atoms with van der Waals surface area (Å²) in [5, 5.41) is 10.0. The van der Waals surface area contributed by atoms with Gasteiger partial charge in [-0.2, -0.15) is 4.31 Å². The molecule has 9 nitrogen and oxygen atoms in total. The lowest BCUT2D eigenvalue weighted by molar-refractivity contribution is -0.146. The molecular weight excluding hydrogens is 470 g/mol. The Morgan fingerprint density at radius 1 is 1.19 bits per heavy atom. The van der Waals surface area contributed by atoms with Crippen LogP contribution in [0, 0.1) is 0 Å². The van der Waals surface area contributed by atoms with Crippen LogP contribution in [0.1, 0.15) is 16.1 Å². The SMILES string of the molecule is O=C(COC(=O)C1CC(O)CN1S(=O)(=O)c1ccc2c(c1)OCCO2)c1ccc(Cl)s1. The minimum Gasteiger partial charge on any atom is -0.486 e. The minimum absolute atomic E-state index is 0.104. The van der Waals surface area contributed by atoms with Gasteiger partial charge in [-0.05, 0) is 24.3 Å². The fourth-order valence-electron chi connectivity index (χ4n) is 3.35. The van der Waals surface area contributed by atoms with E-state index >= 15 is 0 Å². The molecule has 3 heterocycles. The van der Waals surface area contributed by atoms with Crippen LogP contribution in [0.25, 0.3) is 0 Å². The molecule has 0 amide bonds. The number of aliphatic hydroxyl groups excluding tert-OH is 1. The molecule has 166 valence electrons. The van der Waals surface area contributed by atoms with Crippen LogP contribution < -0.4 is 9.47 Å². The second-order valence-corrected chi connectivity index (χ2v) is 10.5. The van der Waals surface area contributed by atoms with E-state index in [9.17, 15) is 23.1 Å². The fourth-order valence-corrected chi connectivity index (χ4v) is 5.96. The molecule has 0 spiro atoms. The van der Waals surface area contributed by atoms with Gasteiger partial charge in [-0.15, -0.1) is 11.3 Å². The molecule has 2 aliphatic heterocycles. The predicted octanol–water partition coefficient (Wildman–Crippen LogP) is 1.72. The molecule has 12 heteroatoms. The highest BCUT2D eigenvalue weighted by Crippen LogP contribution is 2.35. The zero-order chi connectivity index (χ0) is 22.2. The van der Waals surface area contributed by atoms with Gasteiger partial charge >= 0.3 is 5.97 Å². The summed E-state index contributed by atoms with van der Waals surface area (Å²) in [5.74, 6) is -0.653. The quantitative estimate of drug-likeness (QED) is 0.483. The number of carbonyl (C=O) groups is 2. The number of hydrogen-bond donors (Lipinski definition) is 1. The van der Waals surface area contributed by atoms with Gasteiger partial charge in [-0.25, -0.2) is 8.42 Å². The van der Waals surface area contributed by atoms with Crippen molar-refractivity contribution >= 4 is 44.7 Å². The molecular formula is C19H18ClNO8S2. The number of ether oxygens (including phenoxy) is 3. The topological polar surface area (TPSA) is 119 Å². The van der Waals surface area contributed by atoms with Crippen LogP contribution in [0.4, 0.5) is 0 Å². The Bertz CT molecular complexity index is 1120. The molecule has 1 fully saturated rings. The highest BCUT2D eigenvalue weighted by Gasteiger charge is 2.44. The summed E-state index contributed by atoms with van der Waals surface area (Å²) in [7, 11) is -4.15. The summed E-state index contributed by atoms with van der Waals surface area (Å²) in [6, 6.07) is 5.96. The molecule has 0 bridgehead atoms. The maximum absolute atomic E-state index is 13.2. The summed E-state index contributed by atoms with van der Waals surface area (Å²) in [4.78, 5) is 25.0. The van der Waals surface area contributed by atoms with Crippen molar-refractivity contribution in [1.29, 1.82) is 0 Å². The van der Waals surface area contributed by atoms with Crippen molar-refractivity contribution in [2.45, 2.75) is 23.5 Å². The number of fused-ring (bicyclic) bond motifs is 1. The number of thiophene rings is 1. The van der Waals surface area contributed by atoms with Crippen molar-refractivity contribution in [1.82, 2.24) is 4.31 Å². The Hall–Kier alpha value is -2.18. The number of carbonyl (C=O) groups excluding carboxylic acids is 2. The van der Waals surface area contributed by atoms with Crippen LogP contribution >= 0.6 is 22.9 Å². The highest BCUT2D eigenvalue weighted by molar-refractivity contribution is 7.89. The lowest BCUT2D eigenvalue weighted by Crippen LogP contribution is -2.41. The Morgan fingerprint density at radius 2 is 1.94 bits per heavy atom. The molecule has 0 radical (unpaired) electrons. The number of aliphatic hydroxyl groups is 1. The summed E-state index contributed by atoms with van der Waals surface area (Å²) < 4.78 is 43.6. The van der Waals surface area contributed by atoms with Gasteiger partial charge in [0.2, 0.25) is 15.8 Å². The molecule has 1 saturated heterocycles. The van der Waals surface area contributed by atoms with Crippen LogP contribution in [0.15, 0.2) is 35.2 Å². The van der Waals surface area contributed by atoms with E-state index in [2.05, 4.69) is 0 Å². The molecule has 0 aliphatic carbocycles. The zero-order valence-electron chi connectivity index (χ0n) is 16.0. The van der Waals surface area contributed by atoms with Gasteiger partial charge in [0.25, 0.3) is 0 Å². The molecule has 4 rings (SSSR count). The number of rotatable bonds is 6. The van der Waals surface area contributed by atoms with Gasteiger partial charge in [0.05, 0.1) is 20.2 Å². The number of hydrogen-bond acceptors (Lipinski definition) is 9. The number of Topliss-reactive ketones (excluding diaryl/α,β-unsaturated/α-hetero) is 1. The first-order valence-electron chi connectivity index (χ1n) is 9.30. The average Bonchev–Trinajstić information content (AvgIpc) is 3.37. The first kappa shape index (κ1) is 22.0. The van der Waals surface area contributed by atoms with E-state index < -0.39 is 40.5 Å². The Morgan fingerprint density at radius 3 is 2.65 bits per heavy atom. The van der Waals surface area contributed by atoms with E-state index in [1.54, 1.807) is 6.07 Å². The fraction of sp³-hybridized carbons (Fsp3) is 0.368. The van der Waals surface area contributed by atoms with E-state index in [1.165, 1.54) is 24.3 Å². The first-order valence-corrected chi connectivity index (χ1v) is 11.9. The lowest BCUT2D eigenvalue weighted by Gasteiger charge is -2.24. The van der Waals surface area contributed by atoms with E-state index in [4.69, 9.17) is 25.8 Å². The van der Waals surface area contributed by atoms with Crippen LogP contribution in [0.2, 0.25) is 4.34 Å². The third-order valence-electron chi connectivity index (χ3n) is 4.82. The molecule has 2 unspecified atom stereocenters. The normalized spacial score (nSPS) is 21.1. The van der Waals surface area contributed by atoms with Crippen molar-refractivity contribution in [3.8, 4) is 11.5 Å². The lowest BCUT2D eigenvalue weighted by atomic mass is 10.2. The van der Waals surface area contributed by atoms with Crippen LogP contribution in [-0.2, 0) is 19.6 Å². The Labute approximate surface area is 187 Å². The predicted molar refractivity (Wildman–Crippen MR) is 110 cm³/mol. The van der Waals surface area contributed by atoms with Crippen molar-refractivity contribution in [2.75, 3.05) is 26.4 Å². The highest BCUT2D eigenvalue weighted by atomic mass is 35.5. The summed E-state index contributed by atoms with van der Waals surface area (Å²) in [6.07, 6.45) is -1.18. The monoisotopic (exact) mass is 487 g/mol. The van der Waals surface area contributed by atoms with E-state index in [1.807, 2.05) is 0 Å². The largest absolute Gasteiger partial charge is 0.486 e. The number of benzene rings is 1. The number of esters is 1. The summed E-state index contributed by atoms with van der Waals surface area (Å²) >= 11 is 6.85. The van der Waals surface area contributed by atoms with Gasteiger partial charge in [0.15, 0.2) is 18.1 Å². The first-order chi connectivity index (χ1) is 14.8. The average molecular weight is 488 g/mol. The minimum atomic E-state index is -4.15. The van der Waals surface area contributed by atoms with Gasteiger partial charge < -0.3 is 19.3 Å². The number of ketones is 1. The maximum atomic E-state index is 13.2. The van der Waals surface area contributed by atoms with E-state index in [-0.39, 0.29) is 30.2 Å². The second kappa shape index (κ2) is 8.75. The van der Waals surface area contributed by atoms with Crippen molar-refractivity contribution < 1.29 is 37.3 Å². The number of β-amino-alcohol motifs (C(OH)–C–C–N with tert-alkyl or cyclic N) is 1. The van der Waals surface area contributed by atoms with Gasteiger partial charge in [0, 0.05) is 19.0 Å². The van der Waals surface area contributed by atoms with Crippen LogP contribution in [-0.4, -0.2) is 68.1 Å². The van der Waals surface area contributed by atoms with Crippen LogP contribution in [0.5, 0.6) is 11.5 Å². The number of sulfonamides is 1. The van der Waals surface area contributed by atoms with E-state index in [0.29, 0.717) is 21.6 Å². The molecule has 0 saturated carbocycles. The summed E-state index contributed by atoms with van der Waals surface area (Å²) in [6.45, 7) is -0.176. The Balaban J connectivity index is 1.50. The zero-order valence-corrected chi connectivity index (χ0v) is 18.4. The van der Waals surface area contributed by atoms with Crippen molar-refractivity contribution in [2.24, 2.45) is 0 Å². The third kappa shape index (κ3) is 4.55. The molecule has 2 atom stereocenters. The molecule has 31 heavy (non-hydrogen) atoms. The third-order valence-corrected chi connectivity index (χ3v) is 7.96. The summed E-state index contributed by atoms with van der Waals surface area (Å²) in [5.41, 5.74) is 0. The van der Waals surface area contributed by atoms with Gasteiger partial charge in [-0.3, -0.25) is 9.59 Å². The standard InChI is InChI=1S/C19H18ClNO8S2/c20-18-4-3-17(30-18)14(23)10-29-19(24)13-7-11(22)9-21(13)31(25,26)12-1-2-15-16(8-12)28-6-5-27-15/h1-4,8,11,13,22H,5-7,9-10H2. The van der Waals surface area contributed by atoms with Gasteiger partial charge in [-0.1, -0.05) is 11.6 Å². The van der Waals surface area contributed by atoms with Gasteiger partial charge in [0.1, 0.15) is 19.3 Å². The molecule has 2 aliphatic rings. The smallest absolute Gasteiger partial charge is 0.325 e. The maximum Gasteiger partial charge on any atom is 0.325 e. The van der Waals surface area contributed by atoms with Crippen LogP contribution in [0.3, 0.4) is 0 Å². The van der Waals surface area contributed by atoms with E-state index in [0.717, 1.165) is 15.6 Å². The molecule has 1 N–H and O–H groups in total. The second-order valence-electron chi connectivity index (χ2n) is 6.92. The molecule has 2 aromatic rings. The number of nitrogens with zero attached hydrogens (tertiary/aromatic N) is 1.